The fourth-order valence-electron chi connectivity index (χ4n) is 3.42. The minimum absolute atomic E-state index is 0.0320. The van der Waals surface area contributed by atoms with Crippen LogP contribution in [0.25, 0.3) is 5.57 Å². The quantitative estimate of drug-likeness (QED) is 0.741. The molecule has 2 atom stereocenters. The molecule has 0 saturated carbocycles. The predicted octanol–water partition coefficient (Wildman–Crippen LogP) is 4.03. The van der Waals surface area contributed by atoms with Gasteiger partial charge in [0.25, 0.3) is 0 Å². The van der Waals surface area contributed by atoms with E-state index in [9.17, 15) is 22.8 Å². The topological polar surface area (TPSA) is 78.6 Å². The van der Waals surface area contributed by atoms with Gasteiger partial charge in [0.1, 0.15) is 11.7 Å². The number of alkyl halides is 3. The Labute approximate surface area is 171 Å². The number of ketones is 1. The second-order valence-electron chi connectivity index (χ2n) is 6.83. The summed E-state index contributed by atoms with van der Waals surface area (Å²) in [5.74, 6) is -2.51. The molecule has 1 aliphatic rings. The maximum absolute atomic E-state index is 13.4. The van der Waals surface area contributed by atoms with Crippen molar-refractivity contribution in [3.63, 3.8) is 0 Å². The average Bonchev–Trinajstić information content (AvgIpc) is 3.00. The molecule has 2 unspecified atom stereocenters. The van der Waals surface area contributed by atoms with Crippen LogP contribution in [0.2, 0.25) is 0 Å². The molecule has 0 aromatic heterocycles. The Kier molecular flexibility index (Phi) is 5.72. The molecule has 2 aromatic rings. The van der Waals surface area contributed by atoms with E-state index in [1.54, 1.807) is 37.3 Å². The molecule has 0 aliphatic carbocycles. The van der Waals surface area contributed by atoms with Gasteiger partial charge in [-0.2, -0.15) is 13.2 Å². The first-order valence-electron chi connectivity index (χ1n) is 9.21. The van der Waals surface area contributed by atoms with Crippen molar-refractivity contribution in [2.75, 3.05) is 7.11 Å². The number of esters is 1. The number of benzene rings is 2. The van der Waals surface area contributed by atoms with E-state index in [0.717, 1.165) is 12.1 Å². The molecule has 8 heteroatoms. The monoisotopic (exact) mass is 419 g/mol. The summed E-state index contributed by atoms with van der Waals surface area (Å²) >= 11 is 0. The molecule has 0 radical (unpaired) electrons. The summed E-state index contributed by atoms with van der Waals surface area (Å²) in [6, 6.07) is 12.5. The van der Waals surface area contributed by atoms with Crippen LogP contribution in [0.5, 0.6) is 0 Å². The van der Waals surface area contributed by atoms with Crippen molar-refractivity contribution in [3.8, 4) is 0 Å². The Morgan fingerprint density at radius 1 is 1.17 bits per heavy atom. The van der Waals surface area contributed by atoms with Gasteiger partial charge in [-0.1, -0.05) is 49.4 Å². The zero-order chi connectivity index (χ0) is 22.1. The fourth-order valence-corrected chi connectivity index (χ4v) is 3.42. The second-order valence-corrected chi connectivity index (χ2v) is 6.83. The molecule has 1 aliphatic heterocycles. The van der Waals surface area contributed by atoms with Crippen LogP contribution in [0.4, 0.5) is 13.2 Å². The molecule has 0 amide bonds. The lowest BCUT2D eigenvalue weighted by atomic mass is 9.89. The van der Waals surface area contributed by atoms with Gasteiger partial charge in [-0.05, 0) is 24.1 Å². The SMILES string of the molecule is CCC(C(=O)OC)C1=C(c2cccc(C(F)(F)F)c2)C(=O)C(N)(c2ccccc2)O1. The molecule has 158 valence electrons. The standard InChI is InChI=1S/C22H20F3NO4/c1-3-16(20(28)29-2)18-17(13-8-7-11-15(12-13)22(23,24)25)19(27)21(26,30-18)14-9-5-4-6-10-14/h4-12,16H,3,26H2,1-2H3. The maximum Gasteiger partial charge on any atom is 0.416 e. The summed E-state index contributed by atoms with van der Waals surface area (Å²) < 4.78 is 50.4. The van der Waals surface area contributed by atoms with Crippen LogP contribution in [0.3, 0.4) is 0 Å². The third-order valence-electron chi connectivity index (χ3n) is 4.97. The molecule has 5 nitrogen and oxygen atoms in total. The summed E-state index contributed by atoms with van der Waals surface area (Å²) in [5.41, 5.74) is 3.53. The normalized spacial score (nSPS) is 20.1. The van der Waals surface area contributed by atoms with Gasteiger partial charge in [0.05, 0.1) is 18.2 Å². The van der Waals surface area contributed by atoms with Crippen LogP contribution in [0, 0.1) is 5.92 Å². The molecular weight excluding hydrogens is 399 g/mol. The van der Waals surface area contributed by atoms with E-state index in [1.807, 2.05) is 0 Å². The Morgan fingerprint density at radius 3 is 2.40 bits per heavy atom. The highest BCUT2D eigenvalue weighted by Crippen LogP contribution is 2.44. The van der Waals surface area contributed by atoms with Gasteiger partial charge < -0.3 is 9.47 Å². The number of hydrogen-bond acceptors (Lipinski definition) is 5. The zero-order valence-corrected chi connectivity index (χ0v) is 16.3. The summed E-state index contributed by atoms with van der Waals surface area (Å²) in [6.07, 6.45) is -4.41. The van der Waals surface area contributed by atoms with Crippen molar-refractivity contribution in [2.45, 2.75) is 25.2 Å². The van der Waals surface area contributed by atoms with Gasteiger partial charge in [0.15, 0.2) is 0 Å². The van der Waals surface area contributed by atoms with Gasteiger partial charge in [0.2, 0.25) is 11.5 Å². The Bertz CT molecular complexity index is 1000. The van der Waals surface area contributed by atoms with E-state index in [0.29, 0.717) is 5.56 Å². The van der Waals surface area contributed by atoms with Gasteiger partial charge in [-0.25, -0.2) is 0 Å². The van der Waals surface area contributed by atoms with Crippen molar-refractivity contribution < 1.29 is 32.2 Å². The molecule has 0 spiro atoms. The van der Waals surface area contributed by atoms with Crippen molar-refractivity contribution in [2.24, 2.45) is 11.7 Å². The smallest absolute Gasteiger partial charge is 0.416 e. The average molecular weight is 419 g/mol. The Morgan fingerprint density at radius 2 is 1.83 bits per heavy atom. The Hall–Kier alpha value is -3.13. The number of Topliss-reactive ketones (excluding diaryl/α,β-unsaturated/α-hetero) is 1. The van der Waals surface area contributed by atoms with E-state index < -0.39 is 35.1 Å². The highest BCUT2D eigenvalue weighted by Gasteiger charge is 2.51. The highest BCUT2D eigenvalue weighted by molar-refractivity contribution is 6.27. The largest absolute Gasteiger partial charge is 0.468 e. The third kappa shape index (κ3) is 3.70. The highest BCUT2D eigenvalue weighted by atomic mass is 19.4. The second kappa shape index (κ2) is 7.95. The van der Waals surface area contributed by atoms with Crippen LogP contribution >= 0.6 is 0 Å². The first-order valence-corrected chi connectivity index (χ1v) is 9.21. The number of nitrogens with two attached hydrogens (primary N) is 1. The zero-order valence-electron chi connectivity index (χ0n) is 16.3. The molecule has 1 heterocycles. The van der Waals surface area contributed by atoms with Crippen LogP contribution < -0.4 is 5.73 Å². The van der Waals surface area contributed by atoms with Gasteiger partial charge in [0, 0.05) is 5.56 Å². The predicted molar refractivity (Wildman–Crippen MR) is 103 cm³/mol. The van der Waals surface area contributed by atoms with Crippen LogP contribution in [0.15, 0.2) is 60.4 Å². The lowest BCUT2D eigenvalue weighted by Crippen LogP contribution is -2.44. The minimum Gasteiger partial charge on any atom is -0.468 e. The van der Waals surface area contributed by atoms with Crippen LogP contribution in [0.1, 0.15) is 30.0 Å². The molecule has 0 bridgehead atoms. The lowest BCUT2D eigenvalue weighted by molar-refractivity contribution is -0.147. The molecule has 3 rings (SSSR count). The Balaban J connectivity index is 2.21. The summed E-state index contributed by atoms with van der Waals surface area (Å²) in [5, 5.41) is 0. The number of carbonyl (C=O) groups is 2. The number of methoxy groups -OCH3 is 1. The van der Waals surface area contributed by atoms with E-state index in [4.69, 9.17) is 15.2 Å². The summed E-state index contributed by atoms with van der Waals surface area (Å²) in [4.78, 5) is 25.7. The first-order chi connectivity index (χ1) is 14.1. The summed E-state index contributed by atoms with van der Waals surface area (Å²) in [6.45, 7) is 1.67. The van der Waals surface area contributed by atoms with E-state index in [1.165, 1.54) is 19.2 Å². The number of halogens is 3. The molecule has 0 fully saturated rings. The molecular formula is C22H20F3NO4. The van der Waals surface area contributed by atoms with Gasteiger partial charge in [-0.15, -0.1) is 0 Å². The molecule has 2 aromatic carbocycles. The third-order valence-corrected chi connectivity index (χ3v) is 4.97. The van der Waals surface area contributed by atoms with Crippen LogP contribution in [-0.2, 0) is 31.0 Å². The minimum atomic E-state index is -4.61. The lowest BCUT2D eigenvalue weighted by Gasteiger charge is -2.25. The molecule has 0 saturated heterocycles. The number of hydrogen-bond donors (Lipinski definition) is 1. The van der Waals surface area contributed by atoms with E-state index in [2.05, 4.69) is 0 Å². The van der Waals surface area contributed by atoms with E-state index >= 15 is 0 Å². The van der Waals surface area contributed by atoms with Gasteiger partial charge in [-0.3, -0.25) is 15.3 Å². The molecule has 2 N–H and O–H groups in total. The first kappa shape index (κ1) is 21.6. The van der Waals surface area contributed by atoms with Crippen molar-refractivity contribution in [1.82, 2.24) is 0 Å². The molecule has 30 heavy (non-hydrogen) atoms. The maximum atomic E-state index is 13.4. The number of carbonyl (C=O) groups excluding carboxylic acids is 2. The van der Waals surface area contributed by atoms with E-state index in [-0.39, 0.29) is 23.3 Å². The van der Waals surface area contributed by atoms with Crippen molar-refractivity contribution in [3.05, 3.63) is 77.0 Å². The number of ether oxygens (including phenoxy) is 2. The summed E-state index contributed by atoms with van der Waals surface area (Å²) in [7, 11) is 1.18. The van der Waals surface area contributed by atoms with Crippen LogP contribution in [-0.4, -0.2) is 18.9 Å². The number of rotatable bonds is 5. The van der Waals surface area contributed by atoms with Crippen molar-refractivity contribution >= 4 is 17.3 Å². The van der Waals surface area contributed by atoms with Gasteiger partial charge >= 0.3 is 12.1 Å². The fraction of sp³-hybridized carbons (Fsp3) is 0.273. The van der Waals surface area contributed by atoms with Crippen molar-refractivity contribution in [1.29, 1.82) is 0 Å².